The smallest absolute Gasteiger partial charge is 0.247 e. The first kappa shape index (κ1) is 43.9. The number of hydrogen-bond acceptors (Lipinski definition) is 9. The van der Waals surface area contributed by atoms with E-state index in [0.29, 0.717) is 17.9 Å². The lowest BCUT2D eigenvalue weighted by atomic mass is 9.72. The number of aliphatic hydroxyl groups excluding tert-OH is 1. The summed E-state index contributed by atoms with van der Waals surface area (Å²) in [5.74, 6) is -3.71. The largest absolute Gasteiger partial charge is 0.493 e. The molecule has 0 saturated heterocycles. The number of nitrogens with zero attached hydrogens (tertiary/aromatic N) is 1. The van der Waals surface area contributed by atoms with Crippen molar-refractivity contribution in [3.8, 4) is 5.75 Å². The van der Waals surface area contributed by atoms with Crippen molar-refractivity contribution in [1.82, 2.24) is 20.3 Å². The maximum Gasteiger partial charge on any atom is 0.247 e. The third kappa shape index (κ3) is 10.7. The van der Waals surface area contributed by atoms with E-state index in [4.69, 9.17) is 10.5 Å². The highest BCUT2D eigenvalue weighted by Gasteiger charge is 2.58. The molecule has 0 bridgehead atoms. The number of rotatable bonds is 18. The van der Waals surface area contributed by atoms with Crippen molar-refractivity contribution in [1.29, 1.82) is 0 Å². The summed E-state index contributed by atoms with van der Waals surface area (Å²) in [4.78, 5) is 58.9. The first-order valence-electron chi connectivity index (χ1n) is 19.6. The Labute approximate surface area is 326 Å². The summed E-state index contributed by atoms with van der Waals surface area (Å²) in [7, 11) is -2.68. The zero-order valence-electron chi connectivity index (χ0n) is 33.2. The number of carbonyl (C=O) groups is 4. The van der Waals surface area contributed by atoms with Gasteiger partial charge < -0.3 is 26.2 Å². The molecule has 4 rings (SSSR count). The molecule has 6 N–H and O–H groups in total. The van der Waals surface area contributed by atoms with Crippen molar-refractivity contribution in [2.75, 3.05) is 20.2 Å². The van der Waals surface area contributed by atoms with Gasteiger partial charge in [-0.3, -0.25) is 24.1 Å². The van der Waals surface area contributed by atoms with Crippen LogP contribution in [0.4, 0.5) is 0 Å². The standard InChI is InChI=1S/C41H61N5O8S/c1-26(2)23-41(33-25-54-36-20-18-31(22-32(33)36)55(52,53)43-6,46(28(5)47)39(50)34(42)21-30-15-11-8-12-16-30)40(51)45-37(38(49)44-24-27(3)4)35(48)19-17-29-13-9-7-10-14-29/h8,11-12,15-16,18,20,22,26-27,29,33-35,37,43,48H,7,9-10,13-14,17,19,21,23-25,42H2,1-6H3,(H,44,49)(H,45,51)/t33?,34-,35-,37?,41-/m0/s1. The Hall–Kier alpha value is -3.85. The average molecular weight is 784 g/mol. The van der Waals surface area contributed by atoms with Crippen LogP contribution in [0.25, 0.3) is 0 Å². The lowest BCUT2D eigenvalue weighted by Crippen LogP contribution is -2.70. The highest BCUT2D eigenvalue weighted by molar-refractivity contribution is 7.89. The van der Waals surface area contributed by atoms with Crippen LogP contribution < -0.4 is 25.8 Å². The van der Waals surface area contributed by atoms with Gasteiger partial charge in [-0.1, -0.05) is 90.1 Å². The van der Waals surface area contributed by atoms with Gasteiger partial charge in [-0.15, -0.1) is 0 Å². The lowest BCUT2D eigenvalue weighted by molar-refractivity contribution is -0.162. The van der Waals surface area contributed by atoms with Gasteiger partial charge in [-0.05, 0) is 74.2 Å². The van der Waals surface area contributed by atoms with Gasteiger partial charge in [0.05, 0.1) is 29.6 Å². The molecule has 1 fully saturated rings. The fourth-order valence-electron chi connectivity index (χ4n) is 8.06. The quantitative estimate of drug-likeness (QED) is 0.150. The normalized spacial score (nSPS) is 18.8. The van der Waals surface area contributed by atoms with Crippen LogP contribution in [0.2, 0.25) is 0 Å². The average Bonchev–Trinajstić information content (AvgIpc) is 3.59. The second kappa shape index (κ2) is 19.3. The molecule has 0 aromatic heterocycles. The molecule has 13 nitrogen and oxygen atoms in total. The van der Waals surface area contributed by atoms with Crippen LogP contribution in [-0.4, -0.2) is 86.0 Å². The molecule has 2 aromatic carbocycles. The first-order chi connectivity index (χ1) is 26.0. The second-order valence-electron chi connectivity index (χ2n) is 16.0. The van der Waals surface area contributed by atoms with E-state index in [9.17, 15) is 27.9 Å². The van der Waals surface area contributed by atoms with Gasteiger partial charge in [0.25, 0.3) is 0 Å². The SMILES string of the molecule is CNS(=O)(=O)c1ccc2c(c1)C([C@@](CC(C)C)(C(=O)NC(C(=O)NCC(C)C)[C@@H](O)CCC1CCCCC1)N(C(C)=O)C(=O)[C@@H](N)Cc1ccccc1)CO2. The summed E-state index contributed by atoms with van der Waals surface area (Å²) < 4.78 is 34.4. The molecular formula is C41H61N5O8S. The molecule has 14 heteroatoms. The van der Waals surface area contributed by atoms with E-state index < -0.39 is 63.3 Å². The summed E-state index contributed by atoms with van der Waals surface area (Å²) >= 11 is 0. The summed E-state index contributed by atoms with van der Waals surface area (Å²) in [5, 5.41) is 17.4. The Morgan fingerprint density at radius 3 is 2.27 bits per heavy atom. The van der Waals surface area contributed by atoms with E-state index >= 15 is 4.79 Å². The van der Waals surface area contributed by atoms with Crippen molar-refractivity contribution in [3.05, 3.63) is 59.7 Å². The van der Waals surface area contributed by atoms with Gasteiger partial charge in [-0.2, -0.15) is 0 Å². The van der Waals surface area contributed by atoms with Gasteiger partial charge in [0.15, 0.2) is 0 Å². The van der Waals surface area contributed by atoms with Crippen LogP contribution in [0.5, 0.6) is 5.75 Å². The van der Waals surface area contributed by atoms with E-state index in [2.05, 4.69) is 15.4 Å². The Morgan fingerprint density at radius 1 is 1.00 bits per heavy atom. The molecule has 1 heterocycles. The zero-order valence-corrected chi connectivity index (χ0v) is 34.0. The molecule has 304 valence electrons. The number of fused-ring (bicyclic) bond motifs is 1. The van der Waals surface area contributed by atoms with E-state index in [1.54, 1.807) is 24.3 Å². The number of carbonyl (C=O) groups excluding carboxylic acids is 4. The van der Waals surface area contributed by atoms with Crippen molar-refractivity contribution >= 4 is 33.7 Å². The minimum Gasteiger partial charge on any atom is -0.493 e. The number of amides is 4. The van der Waals surface area contributed by atoms with Crippen LogP contribution in [0, 0.1) is 17.8 Å². The number of nitrogens with one attached hydrogen (secondary N) is 3. The minimum atomic E-state index is -3.96. The van der Waals surface area contributed by atoms with Gasteiger partial charge in [-0.25, -0.2) is 13.1 Å². The number of ether oxygens (including phenoxy) is 1. The number of sulfonamides is 1. The molecule has 55 heavy (non-hydrogen) atoms. The van der Waals surface area contributed by atoms with Gasteiger partial charge in [0.1, 0.15) is 17.3 Å². The van der Waals surface area contributed by atoms with Crippen molar-refractivity contribution in [2.45, 2.75) is 127 Å². The number of imide groups is 1. The number of benzene rings is 2. The predicted octanol–water partition coefficient (Wildman–Crippen LogP) is 3.78. The van der Waals surface area contributed by atoms with Gasteiger partial charge in [0.2, 0.25) is 33.7 Å². The van der Waals surface area contributed by atoms with Crippen LogP contribution in [-0.2, 0) is 35.6 Å². The van der Waals surface area contributed by atoms with Gasteiger partial charge >= 0.3 is 0 Å². The van der Waals surface area contributed by atoms with Crippen molar-refractivity contribution in [2.24, 2.45) is 23.5 Å². The molecule has 2 aromatic rings. The molecule has 0 spiro atoms. The number of aliphatic hydroxyl groups is 1. The molecule has 2 aliphatic rings. The Bertz CT molecular complexity index is 1750. The summed E-state index contributed by atoms with van der Waals surface area (Å²) in [6, 6.07) is 10.6. The Morgan fingerprint density at radius 2 is 1.67 bits per heavy atom. The second-order valence-corrected chi connectivity index (χ2v) is 17.9. The Kier molecular flexibility index (Phi) is 15.4. The fraction of sp³-hybridized carbons (Fsp3) is 0.610. The number of hydrogen-bond donors (Lipinski definition) is 5. The molecular weight excluding hydrogens is 723 g/mol. The maximum absolute atomic E-state index is 15.5. The van der Waals surface area contributed by atoms with Crippen LogP contribution in [0.1, 0.15) is 103 Å². The molecule has 2 unspecified atom stereocenters. The van der Waals surface area contributed by atoms with Crippen molar-refractivity contribution < 1.29 is 37.4 Å². The van der Waals surface area contributed by atoms with E-state index in [-0.39, 0.29) is 54.9 Å². The molecule has 1 aliphatic carbocycles. The molecule has 1 saturated carbocycles. The molecule has 5 atom stereocenters. The van der Waals surface area contributed by atoms with Crippen molar-refractivity contribution in [3.63, 3.8) is 0 Å². The third-order valence-electron chi connectivity index (χ3n) is 10.8. The third-order valence-corrected chi connectivity index (χ3v) is 12.2. The monoisotopic (exact) mass is 783 g/mol. The number of nitrogens with two attached hydrogens (primary N) is 1. The zero-order chi connectivity index (χ0) is 40.5. The van der Waals surface area contributed by atoms with E-state index in [1.807, 2.05) is 33.8 Å². The summed E-state index contributed by atoms with van der Waals surface area (Å²) in [6.45, 7) is 8.79. The first-order valence-corrected chi connectivity index (χ1v) is 21.1. The van der Waals surface area contributed by atoms with Crippen LogP contribution >= 0.6 is 0 Å². The summed E-state index contributed by atoms with van der Waals surface area (Å²) in [5.41, 5.74) is 5.53. The van der Waals surface area contributed by atoms with Gasteiger partial charge in [0, 0.05) is 19.0 Å². The Balaban J connectivity index is 1.88. The molecule has 0 radical (unpaired) electrons. The predicted molar refractivity (Wildman–Crippen MR) is 210 cm³/mol. The van der Waals surface area contributed by atoms with E-state index in [0.717, 1.165) is 36.1 Å². The van der Waals surface area contributed by atoms with E-state index in [1.165, 1.54) is 38.6 Å². The minimum absolute atomic E-state index is 0.0608. The maximum atomic E-state index is 15.5. The molecule has 1 aliphatic heterocycles. The van der Waals surface area contributed by atoms with Crippen LogP contribution in [0.15, 0.2) is 53.4 Å². The topological polar surface area (TPSA) is 197 Å². The fourth-order valence-corrected chi connectivity index (χ4v) is 8.82. The summed E-state index contributed by atoms with van der Waals surface area (Å²) in [6.07, 6.45) is 5.05. The molecule has 4 amide bonds. The van der Waals surface area contributed by atoms with Crippen LogP contribution in [0.3, 0.4) is 0 Å². The highest BCUT2D eigenvalue weighted by atomic mass is 32.2. The highest BCUT2D eigenvalue weighted by Crippen LogP contribution is 2.47. The lowest BCUT2D eigenvalue weighted by Gasteiger charge is -2.47.